The summed E-state index contributed by atoms with van der Waals surface area (Å²) < 4.78 is 13.0. The zero-order valence-corrected chi connectivity index (χ0v) is 12.4. The van der Waals surface area contributed by atoms with Gasteiger partial charge in [-0.25, -0.2) is 0 Å². The van der Waals surface area contributed by atoms with Gasteiger partial charge in [-0.15, -0.1) is 10.2 Å². The quantitative estimate of drug-likeness (QED) is 0.656. The molecule has 1 aromatic rings. The fourth-order valence-electron chi connectivity index (χ4n) is 1.37. The number of thioether (sulfide) groups is 1. The maximum Gasteiger partial charge on any atom is 0.313 e. The van der Waals surface area contributed by atoms with Crippen molar-refractivity contribution in [2.45, 2.75) is 36.9 Å². The summed E-state index contributed by atoms with van der Waals surface area (Å²) in [4.78, 5) is 10.5. The molecule has 0 aliphatic carbocycles. The Morgan fingerprint density at radius 1 is 1.53 bits per heavy atom. The lowest BCUT2D eigenvalue weighted by molar-refractivity contribution is -0.133. The molecule has 2 N–H and O–H groups in total. The molecule has 1 heterocycles. The number of carboxylic acid groups (broad SMARTS) is 1. The van der Waals surface area contributed by atoms with Gasteiger partial charge in [0.2, 0.25) is 0 Å². The Morgan fingerprint density at radius 2 is 2.21 bits per heavy atom. The number of rotatable bonds is 8. The number of carbonyl (C=O) groups is 1. The van der Waals surface area contributed by atoms with Crippen molar-refractivity contribution in [3.05, 3.63) is 5.82 Å². The van der Waals surface area contributed by atoms with Crippen LogP contribution in [0.25, 0.3) is 0 Å². The second-order valence-electron chi connectivity index (χ2n) is 3.99. The summed E-state index contributed by atoms with van der Waals surface area (Å²) in [5, 5.41) is 26.0. The first-order valence-corrected chi connectivity index (χ1v) is 8.26. The van der Waals surface area contributed by atoms with Crippen LogP contribution in [0, 0.1) is 0 Å². The smallest absolute Gasteiger partial charge is 0.313 e. The van der Waals surface area contributed by atoms with Crippen molar-refractivity contribution in [2.75, 3.05) is 12.0 Å². The van der Waals surface area contributed by atoms with E-state index in [2.05, 4.69) is 10.2 Å². The molecule has 2 unspecified atom stereocenters. The molecule has 0 aromatic carbocycles. The van der Waals surface area contributed by atoms with Crippen molar-refractivity contribution in [1.29, 1.82) is 0 Å². The summed E-state index contributed by atoms with van der Waals surface area (Å²) in [6.45, 7) is 2.12. The topological polar surface area (TPSA) is 105 Å². The second kappa shape index (κ2) is 7.61. The molecule has 0 bridgehead atoms. The molecule has 0 saturated carbocycles. The van der Waals surface area contributed by atoms with Crippen molar-refractivity contribution in [1.82, 2.24) is 14.8 Å². The molecule has 108 valence electrons. The highest BCUT2D eigenvalue weighted by atomic mass is 32.2. The van der Waals surface area contributed by atoms with Gasteiger partial charge < -0.3 is 14.8 Å². The summed E-state index contributed by atoms with van der Waals surface area (Å²) in [6, 6.07) is 0. The number of carboxylic acids is 1. The Morgan fingerprint density at radius 3 is 2.74 bits per heavy atom. The summed E-state index contributed by atoms with van der Waals surface area (Å²) in [5.74, 6) is -0.658. The number of nitrogens with zero attached hydrogens (tertiary/aromatic N) is 3. The fourth-order valence-corrected chi connectivity index (χ4v) is 2.51. The Balaban J connectivity index is 2.75. The Bertz CT molecular complexity index is 464. The summed E-state index contributed by atoms with van der Waals surface area (Å²) in [7, 11) is -0.916. The van der Waals surface area contributed by atoms with Crippen LogP contribution in [0.5, 0.6) is 0 Å². The summed E-state index contributed by atoms with van der Waals surface area (Å²) in [5.41, 5.74) is 0. The van der Waals surface area contributed by atoms with E-state index in [4.69, 9.17) is 5.11 Å². The predicted molar refractivity (Wildman–Crippen MR) is 72.5 cm³/mol. The minimum atomic E-state index is -0.937. The van der Waals surface area contributed by atoms with Gasteiger partial charge in [0, 0.05) is 28.9 Å². The van der Waals surface area contributed by atoms with Crippen LogP contribution >= 0.6 is 11.8 Å². The average molecular weight is 307 g/mol. The van der Waals surface area contributed by atoms with Gasteiger partial charge in [-0.2, -0.15) is 0 Å². The molecule has 0 fully saturated rings. The number of aromatic nitrogens is 3. The zero-order valence-electron chi connectivity index (χ0n) is 10.8. The van der Waals surface area contributed by atoms with Gasteiger partial charge in [-0.05, 0) is 6.42 Å². The van der Waals surface area contributed by atoms with Gasteiger partial charge in [0.1, 0.15) is 6.61 Å². The molecule has 0 spiro atoms. The van der Waals surface area contributed by atoms with Gasteiger partial charge in [-0.3, -0.25) is 9.00 Å². The minimum Gasteiger partial charge on any atom is -0.481 e. The molecule has 0 radical (unpaired) electrons. The Kier molecular flexibility index (Phi) is 6.46. The first-order valence-electron chi connectivity index (χ1n) is 5.65. The molecule has 0 amide bonds. The lowest BCUT2D eigenvalue weighted by atomic mass is 10.3. The van der Waals surface area contributed by atoms with Crippen molar-refractivity contribution in [3.63, 3.8) is 0 Å². The highest BCUT2D eigenvalue weighted by Crippen LogP contribution is 2.18. The lowest BCUT2D eigenvalue weighted by Gasteiger charge is -2.11. The van der Waals surface area contributed by atoms with Crippen molar-refractivity contribution in [2.24, 2.45) is 0 Å². The van der Waals surface area contributed by atoms with Crippen LogP contribution < -0.4 is 0 Å². The maximum atomic E-state index is 11.3. The maximum absolute atomic E-state index is 11.3. The normalized spacial score (nSPS) is 14.3. The van der Waals surface area contributed by atoms with E-state index in [0.29, 0.717) is 23.9 Å². The van der Waals surface area contributed by atoms with E-state index in [0.717, 1.165) is 11.8 Å². The van der Waals surface area contributed by atoms with Crippen LogP contribution in [-0.2, 0) is 28.7 Å². The van der Waals surface area contributed by atoms with Crippen LogP contribution in [0.3, 0.4) is 0 Å². The number of aliphatic hydroxyl groups excluding tert-OH is 1. The Labute approximate surface area is 117 Å². The number of aliphatic carboxylic acids is 1. The van der Waals surface area contributed by atoms with Gasteiger partial charge in [0.05, 0.1) is 5.75 Å². The van der Waals surface area contributed by atoms with E-state index >= 15 is 0 Å². The monoisotopic (exact) mass is 307 g/mol. The molecule has 0 saturated heterocycles. The lowest BCUT2D eigenvalue weighted by Crippen LogP contribution is -2.15. The first kappa shape index (κ1) is 16.1. The third-order valence-corrected chi connectivity index (χ3v) is 4.91. The average Bonchev–Trinajstić information content (AvgIpc) is 2.75. The fraction of sp³-hybridized carbons (Fsp3) is 0.700. The molecule has 0 aliphatic heterocycles. The summed E-state index contributed by atoms with van der Waals surface area (Å²) >= 11 is 1.05. The van der Waals surface area contributed by atoms with Gasteiger partial charge in [0.25, 0.3) is 0 Å². The van der Waals surface area contributed by atoms with E-state index in [1.165, 1.54) is 0 Å². The van der Waals surface area contributed by atoms with E-state index < -0.39 is 16.8 Å². The highest BCUT2D eigenvalue weighted by molar-refractivity contribution is 7.99. The molecule has 7 nitrogen and oxygen atoms in total. The molecule has 0 aliphatic rings. The van der Waals surface area contributed by atoms with Crippen LogP contribution in [0.1, 0.15) is 19.2 Å². The van der Waals surface area contributed by atoms with Crippen LogP contribution in [-0.4, -0.2) is 52.4 Å². The molecule has 2 atom stereocenters. The zero-order chi connectivity index (χ0) is 14.4. The number of aliphatic hydroxyl groups is 1. The molecular weight excluding hydrogens is 290 g/mol. The van der Waals surface area contributed by atoms with Gasteiger partial charge >= 0.3 is 5.97 Å². The van der Waals surface area contributed by atoms with Crippen LogP contribution in [0.15, 0.2) is 5.16 Å². The molecular formula is C10H17N3O4S2. The third kappa shape index (κ3) is 4.92. The molecule has 9 heteroatoms. The van der Waals surface area contributed by atoms with Crippen molar-refractivity contribution in [3.8, 4) is 0 Å². The molecule has 1 aromatic heterocycles. The van der Waals surface area contributed by atoms with E-state index in [1.54, 1.807) is 10.8 Å². The van der Waals surface area contributed by atoms with Gasteiger partial charge in [-0.1, -0.05) is 18.7 Å². The summed E-state index contributed by atoms with van der Waals surface area (Å²) in [6.07, 6.45) is 2.29. The van der Waals surface area contributed by atoms with Crippen LogP contribution in [0.2, 0.25) is 0 Å². The van der Waals surface area contributed by atoms with Gasteiger partial charge in [0.15, 0.2) is 11.0 Å². The predicted octanol–water partition coefficient (Wildman–Crippen LogP) is 0.104. The van der Waals surface area contributed by atoms with E-state index in [9.17, 15) is 14.1 Å². The number of hydrogen-bond donors (Lipinski definition) is 2. The molecule has 19 heavy (non-hydrogen) atoms. The Hall–Kier alpha value is -0.930. The van der Waals surface area contributed by atoms with Crippen LogP contribution in [0.4, 0.5) is 0 Å². The van der Waals surface area contributed by atoms with E-state index in [1.807, 2.05) is 6.92 Å². The minimum absolute atomic E-state index is 0.0197. The van der Waals surface area contributed by atoms with Crippen molar-refractivity contribution >= 4 is 28.5 Å². The third-order valence-electron chi connectivity index (χ3n) is 2.59. The second-order valence-corrected chi connectivity index (χ2v) is 6.73. The largest absolute Gasteiger partial charge is 0.481 e. The highest BCUT2D eigenvalue weighted by Gasteiger charge is 2.15. The first-order chi connectivity index (χ1) is 8.95. The standard InChI is InChI=1S/C10H17N3O4S2/c1-7(19(2)17)3-4-13-8(5-14)11-12-10(13)18-6-9(15)16/h7,14H,3-6H2,1-2H3,(H,15,16). The SMILES string of the molecule is CC(CCn1c(CO)nnc1SCC(=O)O)S(C)=O. The van der Waals surface area contributed by atoms with Crippen molar-refractivity contribution < 1.29 is 19.2 Å². The molecule has 1 rings (SSSR count). The number of hydrogen-bond acceptors (Lipinski definition) is 6. The van der Waals surface area contributed by atoms with E-state index in [-0.39, 0.29) is 17.6 Å².